The van der Waals surface area contributed by atoms with Crippen molar-refractivity contribution in [3.05, 3.63) is 47.5 Å². The van der Waals surface area contributed by atoms with Crippen LogP contribution in [0, 0.1) is 0 Å². The smallest absolute Gasteiger partial charge is 0.0358 e. The summed E-state index contributed by atoms with van der Waals surface area (Å²) in [6.45, 7) is 0. The summed E-state index contributed by atoms with van der Waals surface area (Å²) in [5.74, 6) is 1.61. The van der Waals surface area contributed by atoms with Crippen LogP contribution in [0.15, 0.2) is 36.4 Å². The molecule has 25 heavy (non-hydrogen) atoms. The molecule has 5 rings (SSSR count). The molecule has 2 saturated carbocycles. The lowest BCUT2D eigenvalue weighted by Gasteiger charge is -2.30. The van der Waals surface area contributed by atoms with Gasteiger partial charge in [-0.15, -0.1) is 11.3 Å². The van der Waals surface area contributed by atoms with E-state index in [1.54, 1.807) is 16.5 Å². The van der Waals surface area contributed by atoms with Gasteiger partial charge in [-0.2, -0.15) is 0 Å². The molecule has 130 valence electrons. The molecule has 0 spiro atoms. The SMILES string of the molecule is c1ccc2c(c1)sc1ccc(C3CCCCC3)c(C3CCCCC3)c12. The summed E-state index contributed by atoms with van der Waals surface area (Å²) in [4.78, 5) is 0. The molecule has 2 fully saturated rings. The lowest BCUT2D eigenvalue weighted by atomic mass is 9.74. The first-order chi connectivity index (χ1) is 12.4. The third-order valence-electron chi connectivity index (χ3n) is 6.68. The minimum Gasteiger partial charge on any atom is -0.135 e. The Hall–Kier alpha value is -1.34. The Morgan fingerprint density at radius 3 is 2.08 bits per heavy atom. The van der Waals surface area contributed by atoms with Crippen LogP contribution in [-0.4, -0.2) is 0 Å². The van der Waals surface area contributed by atoms with Gasteiger partial charge in [-0.25, -0.2) is 0 Å². The Kier molecular flexibility index (Phi) is 4.29. The summed E-state index contributed by atoms with van der Waals surface area (Å²) < 4.78 is 2.98. The van der Waals surface area contributed by atoms with E-state index < -0.39 is 0 Å². The van der Waals surface area contributed by atoms with Crippen molar-refractivity contribution in [1.82, 2.24) is 0 Å². The molecule has 2 aromatic carbocycles. The van der Waals surface area contributed by atoms with Crippen molar-refractivity contribution in [2.45, 2.75) is 76.0 Å². The highest BCUT2D eigenvalue weighted by molar-refractivity contribution is 7.25. The van der Waals surface area contributed by atoms with Crippen LogP contribution in [0.1, 0.15) is 87.2 Å². The van der Waals surface area contributed by atoms with Gasteiger partial charge in [-0.1, -0.05) is 62.8 Å². The standard InChI is InChI=1S/C24H28S/c1-3-9-17(10-4-1)19-15-16-22-24(20-13-7-8-14-21(20)25-22)23(19)18-11-5-2-6-12-18/h7-8,13-18H,1-6,9-12H2. The maximum absolute atomic E-state index is 2.53. The number of fused-ring (bicyclic) bond motifs is 3. The zero-order valence-corrected chi connectivity index (χ0v) is 15.9. The van der Waals surface area contributed by atoms with Gasteiger partial charge >= 0.3 is 0 Å². The molecule has 0 nitrogen and oxygen atoms in total. The molecule has 3 aromatic rings. The fourth-order valence-corrected chi connectivity index (χ4v) is 6.58. The van der Waals surface area contributed by atoms with Crippen LogP contribution in [0.4, 0.5) is 0 Å². The summed E-state index contributed by atoms with van der Waals surface area (Å²) in [5, 5.41) is 3.14. The molecule has 0 bridgehead atoms. The van der Waals surface area contributed by atoms with E-state index in [1.807, 2.05) is 11.3 Å². The molecule has 1 aromatic heterocycles. The first kappa shape index (κ1) is 15.9. The zero-order chi connectivity index (χ0) is 16.6. The van der Waals surface area contributed by atoms with Crippen LogP contribution in [0.3, 0.4) is 0 Å². The van der Waals surface area contributed by atoms with Gasteiger partial charge in [0.1, 0.15) is 0 Å². The third kappa shape index (κ3) is 2.81. The lowest BCUT2D eigenvalue weighted by Crippen LogP contribution is -2.12. The van der Waals surface area contributed by atoms with E-state index >= 15 is 0 Å². The number of hydrogen-bond acceptors (Lipinski definition) is 1. The molecule has 1 heteroatoms. The molecule has 0 saturated heterocycles. The van der Waals surface area contributed by atoms with Crippen LogP contribution in [0.5, 0.6) is 0 Å². The Morgan fingerprint density at radius 1 is 0.640 bits per heavy atom. The van der Waals surface area contributed by atoms with Crippen molar-refractivity contribution >= 4 is 31.5 Å². The van der Waals surface area contributed by atoms with E-state index in [9.17, 15) is 0 Å². The second-order valence-corrected chi connectivity index (χ2v) is 9.29. The second kappa shape index (κ2) is 6.76. The summed E-state index contributed by atoms with van der Waals surface area (Å²) in [6, 6.07) is 14.1. The normalized spacial score (nSPS) is 20.5. The summed E-state index contributed by atoms with van der Waals surface area (Å²) >= 11 is 2.00. The van der Waals surface area contributed by atoms with Crippen LogP contribution in [0.25, 0.3) is 20.2 Å². The minimum atomic E-state index is 0.799. The van der Waals surface area contributed by atoms with Crippen molar-refractivity contribution in [2.24, 2.45) is 0 Å². The van der Waals surface area contributed by atoms with Crippen molar-refractivity contribution in [1.29, 1.82) is 0 Å². The average molecular weight is 349 g/mol. The first-order valence-corrected chi connectivity index (χ1v) is 11.2. The molecule has 0 aliphatic heterocycles. The lowest BCUT2D eigenvalue weighted by molar-refractivity contribution is 0.420. The molecular weight excluding hydrogens is 320 g/mol. The van der Waals surface area contributed by atoms with Crippen LogP contribution in [0.2, 0.25) is 0 Å². The number of benzene rings is 2. The molecular formula is C24H28S. The Labute approximate surface area is 155 Å². The van der Waals surface area contributed by atoms with Crippen LogP contribution < -0.4 is 0 Å². The topological polar surface area (TPSA) is 0 Å². The second-order valence-electron chi connectivity index (χ2n) is 8.21. The minimum absolute atomic E-state index is 0.799. The highest BCUT2D eigenvalue weighted by Crippen LogP contribution is 2.47. The molecule has 0 atom stereocenters. The van der Waals surface area contributed by atoms with Crippen molar-refractivity contribution in [2.75, 3.05) is 0 Å². The molecule has 1 heterocycles. The van der Waals surface area contributed by atoms with E-state index in [4.69, 9.17) is 0 Å². The Bertz CT molecular complexity index is 876. The maximum atomic E-state index is 2.53. The first-order valence-electron chi connectivity index (χ1n) is 10.4. The maximum Gasteiger partial charge on any atom is 0.0358 e. The van der Waals surface area contributed by atoms with Gasteiger partial charge < -0.3 is 0 Å². The van der Waals surface area contributed by atoms with Gasteiger partial charge in [0.15, 0.2) is 0 Å². The molecule has 2 aliphatic rings. The number of rotatable bonds is 2. The number of thiophene rings is 1. The summed E-state index contributed by atoms with van der Waals surface area (Å²) in [6.07, 6.45) is 14.2. The molecule has 0 unspecified atom stereocenters. The monoisotopic (exact) mass is 348 g/mol. The van der Waals surface area contributed by atoms with Crippen molar-refractivity contribution in [3.8, 4) is 0 Å². The third-order valence-corrected chi connectivity index (χ3v) is 7.81. The predicted octanol–water partition coefficient (Wildman–Crippen LogP) is 8.15. The largest absolute Gasteiger partial charge is 0.135 e. The van der Waals surface area contributed by atoms with E-state index in [1.165, 1.54) is 79.0 Å². The summed E-state index contributed by atoms with van der Waals surface area (Å²) in [7, 11) is 0. The van der Waals surface area contributed by atoms with Gasteiger partial charge in [0, 0.05) is 20.2 Å². The average Bonchev–Trinajstić information content (AvgIpc) is 3.07. The Balaban J connectivity index is 1.75. The van der Waals surface area contributed by atoms with Gasteiger partial charge in [-0.05, 0) is 60.8 Å². The summed E-state index contributed by atoms with van der Waals surface area (Å²) in [5.41, 5.74) is 3.49. The van der Waals surface area contributed by atoms with Crippen molar-refractivity contribution < 1.29 is 0 Å². The van der Waals surface area contributed by atoms with Gasteiger partial charge in [0.2, 0.25) is 0 Å². The molecule has 0 amide bonds. The van der Waals surface area contributed by atoms with E-state index in [2.05, 4.69) is 36.4 Å². The highest BCUT2D eigenvalue weighted by Gasteiger charge is 2.27. The van der Waals surface area contributed by atoms with Crippen LogP contribution >= 0.6 is 11.3 Å². The van der Waals surface area contributed by atoms with Gasteiger partial charge in [0.05, 0.1) is 0 Å². The molecule has 2 aliphatic carbocycles. The quantitative estimate of drug-likeness (QED) is 0.438. The van der Waals surface area contributed by atoms with E-state index in [0.717, 1.165) is 11.8 Å². The fourth-order valence-electron chi connectivity index (χ4n) is 5.46. The predicted molar refractivity (Wildman–Crippen MR) is 111 cm³/mol. The van der Waals surface area contributed by atoms with E-state index in [-0.39, 0.29) is 0 Å². The van der Waals surface area contributed by atoms with E-state index in [0.29, 0.717) is 0 Å². The molecule has 0 N–H and O–H groups in total. The Morgan fingerprint density at radius 2 is 1.32 bits per heavy atom. The highest BCUT2D eigenvalue weighted by atomic mass is 32.1. The van der Waals surface area contributed by atoms with Gasteiger partial charge in [-0.3, -0.25) is 0 Å². The fraction of sp³-hybridized carbons (Fsp3) is 0.500. The number of hydrogen-bond donors (Lipinski definition) is 0. The zero-order valence-electron chi connectivity index (χ0n) is 15.1. The van der Waals surface area contributed by atoms with Crippen molar-refractivity contribution in [3.63, 3.8) is 0 Å². The van der Waals surface area contributed by atoms with Gasteiger partial charge in [0.25, 0.3) is 0 Å². The van der Waals surface area contributed by atoms with Crippen LogP contribution in [-0.2, 0) is 0 Å². The molecule has 0 radical (unpaired) electrons.